The summed E-state index contributed by atoms with van der Waals surface area (Å²) in [4.78, 5) is 16.6. The van der Waals surface area contributed by atoms with E-state index in [1.807, 2.05) is 23.6 Å². The third kappa shape index (κ3) is 4.61. The average Bonchev–Trinajstić information content (AvgIpc) is 2.90. The van der Waals surface area contributed by atoms with E-state index in [0.717, 1.165) is 10.6 Å². The van der Waals surface area contributed by atoms with Gasteiger partial charge in [0.15, 0.2) is 5.11 Å². The van der Waals surface area contributed by atoms with Crippen LogP contribution in [0.5, 0.6) is 0 Å². The van der Waals surface area contributed by atoms with E-state index in [1.54, 1.807) is 35.9 Å². The molecule has 0 unspecified atom stereocenters. The van der Waals surface area contributed by atoms with Crippen LogP contribution in [-0.2, 0) is 4.79 Å². The van der Waals surface area contributed by atoms with Gasteiger partial charge in [0.25, 0.3) is 0 Å². The van der Waals surface area contributed by atoms with Gasteiger partial charge in [0.1, 0.15) is 0 Å². The number of thiophene rings is 1. The van der Waals surface area contributed by atoms with Gasteiger partial charge in [-0.05, 0) is 41.9 Å². The predicted molar refractivity (Wildman–Crippen MR) is 82.0 cm³/mol. The number of carbonyl (C=O) groups excluding carboxylic acids is 1. The molecule has 0 spiro atoms. The molecule has 2 N–H and O–H groups in total. The summed E-state index contributed by atoms with van der Waals surface area (Å²) in [7, 11) is 0. The number of rotatable bonds is 3. The summed E-state index contributed by atoms with van der Waals surface area (Å²) in [5.41, 5.74) is 0.732. The van der Waals surface area contributed by atoms with Crippen LogP contribution in [0.3, 0.4) is 0 Å². The molecule has 0 radical (unpaired) electrons. The number of hydrogen-bond donors (Lipinski definition) is 2. The van der Waals surface area contributed by atoms with Gasteiger partial charge in [0, 0.05) is 17.2 Å². The maximum absolute atomic E-state index is 11.6. The van der Waals surface area contributed by atoms with Crippen LogP contribution in [-0.4, -0.2) is 16.0 Å². The molecule has 0 saturated carbocycles. The third-order valence-corrected chi connectivity index (χ3v) is 3.14. The van der Waals surface area contributed by atoms with Crippen LogP contribution in [0.25, 0.3) is 6.08 Å². The summed E-state index contributed by atoms with van der Waals surface area (Å²) < 4.78 is 0. The lowest BCUT2D eigenvalue weighted by Crippen LogP contribution is -2.32. The van der Waals surface area contributed by atoms with E-state index < -0.39 is 0 Å². The van der Waals surface area contributed by atoms with E-state index in [-0.39, 0.29) is 11.0 Å². The predicted octanol–water partition coefficient (Wildman–Crippen LogP) is 2.67. The number of carbonyl (C=O) groups is 1. The Morgan fingerprint density at radius 1 is 1.37 bits per heavy atom. The topological polar surface area (TPSA) is 54.0 Å². The molecule has 0 aromatic carbocycles. The van der Waals surface area contributed by atoms with Crippen molar-refractivity contribution in [2.24, 2.45) is 0 Å². The van der Waals surface area contributed by atoms with E-state index in [1.165, 1.54) is 6.08 Å². The maximum atomic E-state index is 11.6. The third-order valence-electron chi connectivity index (χ3n) is 2.10. The van der Waals surface area contributed by atoms with Crippen molar-refractivity contribution in [2.45, 2.75) is 0 Å². The Labute approximate surface area is 120 Å². The molecule has 0 aliphatic rings. The second kappa shape index (κ2) is 6.77. The van der Waals surface area contributed by atoms with Crippen LogP contribution in [0, 0.1) is 0 Å². The van der Waals surface area contributed by atoms with Gasteiger partial charge >= 0.3 is 0 Å². The minimum atomic E-state index is -0.269. The highest BCUT2D eigenvalue weighted by Gasteiger charge is 2.01. The molecule has 1 amide bonds. The first kappa shape index (κ1) is 13.4. The lowest BCUT2D eigenvalue weighted by atomic mass is 10.4. The number of aromatic nitrogens is 1. The molecule has 19 heavy (non-hydrogen) atoms. The molecule has 6 heteroatoms. The van der Waals surface area contributed by atoms with Crippen molar-refractivity contribution in [1.29, 1.82) is 0 Å². The van der Waals surface area contributed by atoms with E-state index in [4.69, 9.17) is 12.2 Å². The van der Waals surface area contributed by atoms with Gasteiger partial charge in [-0.25, -0.2) is 0 Å². The van der Waals surface area contributed by atoms with Crippen LogP contribution in [0.4, 0.5) is 5.69 Å². The highest BCUT2D eigenvalue weighted by molar-refractivity contribution is 7.80. The summed E-state index contributed by atoms with van der Waals surface area (Å²) in [5.74, 6) is -0.269. The molecule has 0 fully saturated rings. The van der Waals surface area contributed by atoms with Crippen LogP contribution in [0.1, 0.15) is 4.88 Å². The molecule has 2 rings (SSSR count). The van der Waals surface area contributed by atoms with Gasteiger partial charge in [-0.2, -0.15) is 0 Å². The normalized spacial score (nSPS) is 10.3. The highest BCUT2D eigenvalue weighted by Crippen LogP contribution is 2.09. The van der Waals surface area contributed by atoms with Gasteiger partial charge < -0.3 is 5.32 Å². The van der Waals surface area contributed by atoms with Gasteiger partial charge in [-0.15, -0.1) is 11.3 Å². The molecular formula is C13H11N3OS2. The Balaban J connectivity index is 1.84. The molecule has 2 heterocycles. The quantitative estimate of drug-likeness (QED) is 0.674. The summed E-state index contributed by atoms with van der Waals surface area (Å²) in [5, 5.41) is 7.63. The van der Waals surface area contributed by atoms with E-state index in [2.05, 4.69) is 15.6 Å². The first-order valence-corrected chi connectivity index (χ1v) is 6.76. The summed E-state index contributed by atoms with van der Waals surface area (Å²) >= 11 is 6.59. The number of nitrogens with zero attached hydrogens (tertiary/aromatic N) is 1. The minimum Gasteiger partial charge on any atom is -0.331 e. The standard InChI is InChI=1S/C13H11N3OS2/c17-12(6-5-11-4-2-8-19-11)16-13(18)15-10-3-1-7-14-9-10/h1-9H,(H2,15,16,17,18). The van der Waals surface area contributed by atoms with Crippen molar-refractivity contribution < 1.29 is 4.79 Å². The Kier molecular flexibility index (Phi) is 4.77. The molecule has 4 nitrogen and oxygen atoms in total. The summed E-state index contributed by atoms with van der Waals surface area (Å²) in [6.07, 6.45) is 6.48. The zero-order valence-electron chi connectivity index (χ0n) is 9.87. The SMILES string of the molecule is O=C(C=Cc1cccs1)NC(=S)Nc1cccnc1. The molecule has 0 saturated heterocycles. The second-order valence-electron chi connectivity index (χ2n) is 3.53. The Morgan fingerprint density at radius 3 is 2.95 bits per heavy atom. The van der Waals surface area contributed by atoms with Crippen molar-refractivity contribution >= 4 is 46.3 Å². The number of anilines is 1. The van der Waals surface area contributed by atoms with Crippen LogP contribution in [0.15, 0.2) is 48.1 Å². The Morgan fingerprint density at radius 2 is 2.26 bits per heavy atom. The van der Waals surface area contributed by atoms with Crippen LogP contribution < -0.4 is 10.6 Å². The molecule has 0 bridgehead atoms. The zero-order chi connectivity index (χ0) is 13.5. The zero-order valence-corrected chi connectivity index (χ0v) is 11.5. The first-order chi connectivity index (χ1) is 9.24. The van der Waals surface area contributed by atoms with E-state index in [9.17, 15) is 4.79 Å². The highest BCUT2D eigenvalue weighted by atomic mass is 32.1. The monoisotopic (exact) mass is 289 g/mol. The minimum absolute atomic E-state index is 0.244. The number of thiocarbonyl (C=S) groups is 1. The second-order valence-corrected chi connectivity index (χ2v) is 4.92. The van der Waals surface area contributed by atoms with E-state index in [0.29, 0.717) is 0 Å². The average molecular weight is 289 g/mol. The smallest absolute Gasteiger partial charge is 0.250 e. The van der Waals surface area contributed by atoms with Gasteiger partial charge in [-0.1, -0.05) is 6.07 Å². The molecule has 0 aliphatic carbocycles. The van der Waals surface area contributed by atoms with Crippen molar-refractivity contribution in [1.82, 2.24) is 10.3 Å². The van der Waals surface area contributed by atoms with Crippen molar-refractivity contribution in [3.8, 4) is 0 Å². The van der Waals surface area contributed by atoms with Gasteiger partial charge in [0.2, 0.25) is 5.91 Å². The lowest BCUT2D eigenvalue weighted by molar-refractivity contribution is -0.115. The van der Waals surface area contributed by atoms with Crippen LogP contribution in [0.2, 0.25) is 0 Å². The molecule has 96 valence electrons. The number of hydrogen-bond acceptors (Lipinski definition) is 4. The fraction of sp³-hybridized carbons (Fsp3) is 0. The fourth-order valence-corrected chi connectivity index (χ4v) is 2.13. The van der Waals surface area contributed by atoms with Crippen LogP contribution >= 0.6 is 23.6 Å². The molecule has 2 aromatic heterocycles. The molecule has 0 aliphatic heterocycles. The van der Waals surface area contributed by atoms with Crippen molar-refractivity contribution in [3.05, 3.63) is 53.0 Å². The number of amides is 1. The van der Waals surface area contributed by atoms with Crippen molar-refractivity contribution in [3.63, 3.8) is 0 Å². The molecule has 2 aromatic rings. The largest absolute Gasteiger partial charge is 0.331 e. The van der Waals surface area contributed by atoms with Gasteiger partial charge in [-0.3, -0.25) is 15.1 Å². The Bertz CT molecular complexity index is 579. The Hall–Kier alpha value is -2.05. The number of nitrogens with one attached hydrogen (secondary N) is 2. The number of pyridine rings is 1. The summed E-state index contributed by atoms with van der Waals surface area (Å²) in [6, 6.07) is 7.45. The molecular weight excluding hydrogens is 278 g/mol. The fourth-order valence-electron chi connectivity index (χ4n) is 1.30. The van der Waals surface area contributed by atoms with Gasteiger partial charge in [0.05, 0.1) is 11.9 Å². The van der Waals surface area contributed by atoms with E-state index >= 15 is 0 Å². The summed E-state index contributed by atoms with van der Waals surface area (Å²) in [6.45, 7) is 0. The first-order valence-electron chi connectivity index (χ1n) is 5.47. The lowest BCUT2D eigenvalue weighted by Gasteiger charge is -2.06. The maximum Gasteiger partial charge on any atom is 0.250 e. The molecule has 0 atom stereocenters. The van der Waals surface area contributed by atoms with Crippen molar-refractivity contribution in [2.75, 3.05) is 5.32 Å².